The summed E-state index contributed by atoms with van der Waals surface area (Å²) >= 11 is 7.22. The average molecular weight is 458 g/mol. The minimum absolute atomic E-state index is 1.09. The Morgan fingerprint density at radius 3 is 1.83 bits per heavy atom. The summed E-state index contributed by atoms with van der Waals surface area (Å²) in [5, 5.41) is 6.38. The summed E-state index contributed by atoms with van der Waals surface area (Å²) in [5.74, 6) is 0. The van der Waals surface area contributed by atoms with Crippen LogP contribution >= 0.6 is 45.3 Å². The van der Waals surface area contributed by atoms with E-state index in [0.717, 1.165) is 16.6 Å². The Morgan fingerprint density at radius 2 is 1.31 bits per heavy atom. The summed E-state index contributed by atoms with van der Waals surface area (Å²) in [6.07, 6.45) is 11.7. The summed E-state index contributed by atoms with van der Waals surface area (Å²) in [4.78, 5) is 11.6. The van der Waals surface area contributed by atoms with E-state index in [4.69, 9.17) is 0 Å². The van der Waals surface area contributed by atoms with Gasteiger partial charge in [-0.25, -0.2) is 9.97 Å². The largest absolute Gasteiger partial charge is 0.339 e. The maximum absolute atomic E-state index is 4.54. The molecule has 0 aromatic carbocycles. The molecule has 5 aromatic rings. The van der Waals surface area contributed by atoms with Crippen LogP contribution in [0.25, 0.3) is 40.2 Å². The minimum atomic E-state index is 1.09. The van der Waals surface area contributed by atoms with E-state index in [2.05, 4.69) is 44.4 Å². The molecular formula is C22H23N3S4. The maximum atomic E-state index is 4.54. The van der Waals surface area contributed by atoms with Crippen molar-refractivity contribution in [2.45, 2.75) is 52.0 Å². The molecule has 0 saturated heterocycles. The van der Waals surface area contributed by atoms with Gasteiger partial charge in [-0.2, -0.15) is 0 Å². The van der Waals surface area contributed by atoms with Crippen molar-refractivity contribution in [1.82, 2.24) is 14.5 Å². The molecule has 0 atom stereocenters. The zero-order chi connectivity index (χ0) is 19.6. The number of unbranched alkanes of at least 4 members (excludes halogenated alkanes) is 5. The molecule has 5 aromatic heterocycles. The fourth-order valence-corrected chi connectivity index (χ4v) is 7.70. The number of aromatic nitrogens is 3. The van der Waals surface area contributed by atoms with E-state index >= 15 is 0 Å². The number of fused-ring (bicyclic) bond motifs is 3. The quantitative estimate of drug-likeness (QED) is 0.208. The molecular weight excluding hydrogens is 435 g/mol. The molecule has 0 amide bonds. The standard InChI is InChI=1S/C22H23N3S4/c1-2-3-4-5-6-7-10-25-15-13-17(21-23-8-11-26-21)28-19(15)20-16(25)14-18(29-20)22-24-9-12-27-22/h8-9,11-14H,2-7,10H2,1H3. The van der Waals surface area contributed by atoms with Gasteiger partial charge in [-0.05, 0) is 18.6 Å². The first kappa shape index (κ1) is 19.4. The van der Waals surface area contributed by atoms with Crippen molar-refractivity contribution in [2.24, 2.45) is 0 Å². The van der Waals surface area contributed by atoms with Crippen LogP contribution in [0.3, 0.4) is 0 Å². The van der Waals surface area contributed by atoms with Gasteiger partial charge in [-0.3, -0.25) is 0 Å². The fraction of sp³-hybridized carbons (Fsp3) is 0.364. The number of hydrogen-bond donors (Lipinski definition) is 0. The van der Waals surface area contributed by atoms with Crippen molar-refractivity contribution in [3.05, 3.63) is 35.3 Å². The Labute approximate surface area is 186 Å². The third kappa shape index (κ3) is 3.81. The zero-order valence-corrected chi connectivity index (χ0v) is 19.7. The number of nitrogens with zero attached hydrogens (tertiary/aromatic N) is 3. The highest BCUT2D eigenvalue weighted by Gasteiger charge is 2.19. The molecule has 0 fully saturated rings. The Kier molecular flexibility index (Phi) is 5.81. The fourth-order valence-electron chi connectivity index (χ4n) is 3.81. The minimum Gasteiger partial charge on any atom is -0.339 e. The summed E-state index contributed by atoms with van der Waals surface area (Å²) in [6, 6.07) is 4.71. The van der Waals surface area contributed by atoms with E-state index in [1.807, 2.05) is 35.1 Å². The van der Waals surface area contributed by atoms with Crippen molar-refractivity contribution in [3.63, 3.8) is 0 Å². The summed E-state index contributed by atoms with van der Waals surface area (Å²) in [7, 11) is 0. The van der Waals surface area contributed by atoms with E-state index in [1.54, 1.807) is 22.7 Å². The zero-order valence-electron chi connectivity index (χ0n) is 16.4. The number of thiazole rings is 2. The van der Waals surface area contributed by atoms with E-state index in [0.29, 0.717) is 0 Å². The van der Waals surface area contributed by atoms with Crippen LogP contribution in [0.5, 0.6) is 0 Å². The number of rotatable bonds is 9. The van der Waals surface area contributed by atoms with Crippen LogP contribution in [-0.2, 0) is 6.54 Å². The van der Waals surface area contributed by atoms with Gasteiger partial charge in [0.25, 0.3) is 0 Å². The molecule has 3 nitrogen and oxygen atoms in total. The third-order valence-electron chi connectivity index (χ3n) is 5.23. The highest BCUT2D eigenvalue weighted by Crippen LogP contribution is 2.45. The molecule has 0 N–H and O–H groups in total. The Hall–Kier alpha value is -1.54. The van der Waals surface area contributed by atoms with Gasteiger partial charge in [-0.1, -0.05) is 39.0 Å². The number of thiophene rings is 2. The van der Waals surface area contributed by atoms with Gasteiger partial charge in [0.1, 0.15) is 10.0 Å². The SMILES string of the molecule is CCCCCCCCn1c2cc(-c3nccs3)sc2c2sc(-c3nccs3)cc21. The predicted molar refractivity (Wildman–Crippen MR) is 131 cm³/mol. The molecule has 0 radical (unpaired) electrons. The van der Waals surface area contributed by atoms with Gasteiger partial charge >= 0.3 is 0 Å². The van der Waals surface area contributed by atoms with Gasteiger partial charge in [-0.15, -0.1) is 45.3 Å². The second-order valence-corrected chi connectivity index (χ2v) is 11.1. The second kappa shape index (κ2) is 8.68. The molecule has 29 heavy (non-hydrogen) atoms. The van der Waals surface area contributed by atoms with Crippen molar-refractivity contribution >= 4 is 65.8 Å². The molecule has 5 rings (SSSR count). The molecule has 150 valence electrons. The number of aryl methyl sites for hydroxylation is 1. The Balaban J connectivity index is 1.51. The van der Waals surface area contributed by atoms with Gasteiger partial charge in [0.15, 0.2) is 0 Å². The van der Waals surface area contributed by atoms with Crippen LogP contribution in [0.1, 0.15) is 45.4 Å². The molecule has 0 aliphatic rings. The molecule has 0 aliphatic carbocycles. The van der Waals surface area contributed by atoms with Crippen LogP contribution in [-0.4, -0.2) is 14.5 Å². The number of hydrogen-bond acceptors (Lipinski definition) is 6. The van der Waals surface area contributed by atoms with Crippen LogP contribution in [0.4, 0.5) is 0 Å². The molecule has 0 unspecified atom stereocenters. The molecule has 0 aliphatic heterocycles. The molecule has 5 heterocycles. The first-order valence-corrected chi connectivity index (χ1v) is 13.6. The van der Waals surface area contributed by atoms with E-state index < -0.39 is 0 Å². The third-order valence-corrected chi connectivity index (χ3v) is 9.53. The van der Waals surface area contributed by atoms with Crippen LogP contribution in [0.2, 0.25) is 0 Å². The predicted octanol–water partition coefficient (Wildman–Crippen LogP) is 8.53. The van der Waals surface area contributed by atoms with Gasteiger partial charge in [0.2, 0.25) is 0 Å². The van der Waals surface area contributed by atoms with E-state index in [1.165, 1.54) is 68.7 Å². The topological polar surface area (TPSA) is 30.7 Å². The molecule has 0 bridgehead atoms. The van der Waals surface area contributed by atoms with Crippen LogP contribution in [0.15, 0.2) is 35.3 Å². The summed E-state index contributed by atoms with van der Waals surface area (Å²) in [5.41, 5.74) is 2.75. The summed E-state index contributed by atoms with van der Waals surface area (Å²) < 4.78 is 5.36. The van der Waals surface area contributed by atoms with Crippen molar-refractivity contribution in [1.29, 1.82) is 0 Å². The first-order chi connectivity index (χ1) is 14.3. The van der Waals surface area contributed by atoms with Gasteiger partial charge in [0, 0.05) is 29.7 Å². The first-order valence-electron chi connectivity index (χ1n) is 10.2. The lowest BCUT2D eigenvalue weighted by Gasteiger charge is -2.06. The van der Waals surface area contributed by atoms with Gasteiger partial charge in [0.05, 0.1) is 30.2 Å². The smallest absolute Gasteiger partial charge is 0.133 e. The normalized spacial score (nSPS) is 11.9. The van der Waals surface area contributed by atoms with Crippen molar-refractivity contribution < 1.29 is 0 Å². The average Bonchev–Trinajstić information content (AvgIpc) is 3.53. The van der Waals surface area contributed by atoms with Crippen molar-refractivity contribution in [2.75, 3.05) is 0 Å². The van der Waals surface area contributed by atoms with Crippen molar-refractivity contribution in [3.8, 4) is 19.8 Å². The lowest BCUT2D eigenvalue weighted by molar-refractivity contribution is 0.571. The highest BCUT2D eigenvalue weighted by atomic mass is 32.1. The van der Waals surface area contributed by atoms with Crippen LogP contribution < -0.4 is 0 Å². The Morgan fingerprint density at radius 1 is 0.759 bits per heavy atom. The molecule has 7 heteroatoms. The monoisotopic (exact) mass is 457 g/mol. The molecule has 0 saturated carbocycles. The second-order valence-electron chi connectivity index (χ2n) is 7.24. The maximum Gasteiger partial charge on any atom is 0.133 e. The Bertz CT molecular complexity index is 1110. The lowest BCUT2D eigenvalue weighted by Crippen LogP contribution is -1.96. The lowest BCUT2D eigenvalue weighted by atomic mass is 10.1. The van der Waals surface area contributed by atoms with Gasteiger partial charge < -0.3 is 4.57 Å². The molecule has 0 spiro atoms. The van der Waals surface area contributed by atoms with E-state index in [-0.39, 0.29) is 0 Å². The summed E-state index contributed by atoms with van der Waals surface area (Å²) in [6.45, 7) is 3.37. The highest BCUT2D eigenvalue weighted by molar-refractivity contribution is 7.32. The van der Waals surface area contributed by atoms with Crippen LogP contribution in [0, 0.1) is 0 Å². The van der Waals surface area contributed by atoms with E-state index in [9.17, 15) is 0 Å².